The zero-order valence-electron chi connectivity index (χ0n) is 30.5. The molecule has 0 N–H and O–H groups in total. The van der Waals surface area contributed by atoms with Gasteiger partial charge in [-0.1, -0.05) is 115 Å². The van der Waals surface area contributed by atoms with Crippen molar-refractivity contribution in [1.29, 1.82) is 0 Å². The Bertz CT molecular complexity index is 3670. The second-order valence-electron chi connectivity index (χ2n) is 15.0. The highest BCUT2D eigenvalue weighted by Crippen LogP contribution is 2.47. The molecule has 0 atom stereocenters. The normalized spacial score (nSPS) is 12.4. The van der Waals surface area contributed by atoms with Crippen molar-refractivity contribution in [2.24, 2.45) is 0 Å². The number of aromatic nitrogens is 4. The highest BCUT2D eigenvalue weighted by Gasteiger charge is 2.25. The van der Waals surface area contributed by atoms with Crippen LogP contribution < -0.4 is 4.74 Å². The molecular formula is C52H30N4O. The van der Waals surface area contributed by atoms with Crippen LogP contribution in [-0.4, -0.2) is 19.1 Å². The third-order valence-electron chi connectivity index (χ3n) is 11.9. The number of rotatable bonds is 3. The van der Waals surface area contributed by atoms with Crippen molar-refractivity contribution < 1.29 is 4.74 Å². The molecule has 5 nitrogen and oxygen atoms in total. The summed E-state index contributed by atoms with van der Waals surface area (Å²) in [4.78, 5) is 10.6. The van der Waals surface area contributed by atoms with E-state index in [4.69, 9.17) is 14.7 Å². The van der Waals surface area contributed by atoms with E-state index in [0.717, 1.165) is 71.9 Å². The van der Waals surface area contributed by atoms with E-state index in [0.29, 0.717) is 5.95 Å². The summed E-state index contributed by atoms with van der Waals surface area (Å²) in [5.41, 5.74) is 10.8. The van der Waals surface area contributed by atoms with Gasteiger partial charge in [-0.3, -0.25) is 4.57 Å². The Hall–Kier alpha value is -7.76. The second kappa shape index (κ2) is 11.4. The van der Waals surface area contributed by atoms with Crippen molar-refractivity contribution >= 4 is 76.1 Å². The summed E-state index contributed by atoms with van der Waals surface area (Å²) in [7, 11) is 0. The third kappa shape index (κ3) is 4.28. The van der Waals surface area contributed by atoms with Gasteiger partial charge in [0.05, 0.1) is 38.7 Å². The van der Waals surface area contributed by atoms with Crippen LogP contribution in [0.25, 0.3) is 110 Å². The summed E-state index contributed by atoms with van der Waals surface area (Å²) in [5.74, 6) is 2.22. The van der Waals surface area contributed by atoms with E-state index in [1.54, 1.807) is 0 Å². The third-order valence-corrected chi connectivity index (χ3v) is 11.9. The first kappa shape index (κ1) is 30.6. The van der Waals surface area contributed by atoms with Crippen LogP contribution >= 0.6 is 0 Å². The first-order valence-electron chi connectivity index (χ1n) is 19.3. The van der Waals surface area contributed by atoms with Crippen molar-refractivity contribution in [2.75, 3.05) is 0 Å². The molecule has 0 bridgehead atoms. The van der Waals surface area contributed by atoms with E-state index in [9.17, 15) is 0 Å². The highest BCUT2D eigenvalue weighted by molar-refractivity contribution is 6.23. The molecular weight excluding hydrogens is 697 g/mol. The molecule has 0 aliphatic carbocycles. The van der Waals surface area contributed by atoms with Crippen LogP contribution in [0.1, 0.15) is 0 Å². The Morgan fingerprint density at radius 2 is 1.09 bits per heavy atom. The smallest absolute Gasteiger partial charge is 0.235 e. The fraction of sp³-hybridized carbons (Fsp3) is 0. The van der Waals surface area contributed by atoms with Gasteiger partial charge in [0.25, 0.3) is 0 Å². The average Bonchev–Trinajstić information content (AvgIpc) is 3.79. The molecule has 0 fully saturated rings. The lowest BCUT2D eigenvalue weighted by molar-refractivity contribution is 0.487. The monoisotopic (exact) mass is 726 g/mol. The van der Waals surface area contributed by atoms with Gasteiger partial charge in [0.15, 0.2) is 0 Å². The molecule has 13 rings (SSSR count). The summed E-state index contributed by atoms with van der Waals surface area (Å²) >= 11 is 0. The molecule has 0 unspecified atom stereocenters. The van der Waals surface area contributed by atoms with Crippen molar-refractivity contribution in [3.8, 4) is 45.5 Å². The molecule has 12 aromatic rings. The summed E-state index contributed by atoms with van der Waals surface area (Å²) < 4.78 is 11.1. The fourth-order valence-electron chi connectivity index (χ4n) is 9.42. The van der Waals surface area contributed by atoms with E-state index < -0.39 is 0 Å². The molecule has 9 aromatic carbocycles. The van der Waals surface area contributed by atoms with Crippen LogP contribution in [0.2, 0.25) is 0 Å². The van der Waals surface area contributed by atoms with Crippen LogP contribution in [0.3, 0.4) is 0 Å². The van der Waals surface area contributed by atoms with Gasteiger partial charge in [-0.25, -0.2) is 9.97 Å². The van der Waals surface area contributed by atoms with Gasteiger partial charge in [-0.05, 0) is 99.4 Å². The Labute approximate surface area is 326 Å². The number of fused-ring (bicyclic) bond motifs is 11. The maximum atomic E-state index is 6.49. The molecule has 1 aliphatic rings. The van der Waals surface area contributed by atoms with E-state index in [2.05, 4.69) is 179 Å². The fourth-order valence-corrected chi connectivity index (χ4v) is 9.42. The van der Waals surface area contributed by atoms with Crippen LogP contribution in [0, 0.1) is 0 Å². The highest BCUT2D eigenvalue weighted by atomic mass is 16.5. The molecule has 0 spiro atoms. The van der Waals surface area contributed by atoms with Crippen LogP contribution in [0.15, 0.2) is 182 Å². The number of benzene rings is 9. The molecule has 0 saturated carbocycles. The van der Waals surface area contributed by atoms with E-state index in [-0.39, 0.29) is 0 Å². The quantitative estimate of drug-likeness (QED) is 0.182. The molecule has 57 heavy (non-hydrogen) atoms. The standard InChI is InChI=1S/C52H30N4O/c1-2-14-34(15-3-1)55-44-22-9-7-17-39(44)49-38-19-10-18-35(36(38)25-27-46(49)55)33-24-26-45-40(29-33)37-16-6-8-21-43(37)56(45)52-53-42-20-11-23-47-50(42)51(54-52)41-28-31-12-4-5-13-32(31)30-48(41)57-47/h1-30H. The van der Waals surface area contributed by atoms with Crippen molar-refractivity contribution in [2.45, 2.75) is 0 Å². The van der Waals surface area contributed by atoms with E-state index in [1.807, 2.05) is 12.1 Å². The van der Waals surface area contributed by atoms with Gasteiger partial charge < -0.3 is 9.30 Å². The van der Waals surface area contributed by atoms with Gasteiger partial charge in [0, 0.05) is 32.8 Å². The topological polar surface area (TPSA) is 44.9 Å². The first-order chi connectivity index (χ1) is 28.3. The first-order valence-corrected chi connectivity index (χ1v) is 19.3. The maximum Gasteiger partial charge on any atom is 0.235 e. The van der Waals surface area contributed by atoms with Gasteiger partial charge in [0.1, 0.15) is 11.5 Å². The Morgan fingerprint density at radius 3 is 1.96 bits per heavy atom. The molecule has 264 valence electrons. The molecule has 4 heterocycles. The molecule has 0 radical (unpaired) electrons. The summed E-state index contributed by atoms with van der Waals surface area (Å²) in [6.07, 6.45) is 0. The minimum Gasteiger partial charge on any atom is -0.456 e. The van der Waals surface area contributed by atoms with E-state index in [1.165, 1.54) is 43.7 Å². The Morgan fingerprint density at radius 1 is 0.386 bits per heavy atom. The van der Waals surface area contributed by atoms with Gasteiger partial charge in [-0.15, -0.1) is 0 Å². The zero-order chi connectivity index (χ0) is 37.2. The van der Waals surface area contributed by atoms with Gasteiger partial charge >= 0.3 is 0 Å². The Kier molecular flexibility index (Phi) is 6.10. The number of hydrogen-bond acceptors (Lipinski definition) is 3. The largest absolute Gasteiger partial charge is 0.456 e. The lowest BCUT2D eigenvalue weighted by atomic mass is 9.94. The minimum absolute atomic E-state index is 0.636. The molecule has 0 saturated heterocycles. The molecule has 5 heteroatoms. The van der Waals surface area contributed by atoms with Crippen molar-refractivity contribution in [3.05, 3.63) is 182 Å². The number of para-hydroxylation sites is 3. The maximum absolute atomic E-state index is 6.49. The molecule has 0 amide bonds. The molecule has 3 aromatic heterocycles. The number of nitrogens with zero attached hydrogens (tertiary/aromatic N) is 4. The summed E-state index contributed by atoms with van der Waals surface area (Å²) in [6, 6.07) is 64.9. The van der Waals surface area contributed by atoms with Gasteiger partial charge in [0.2, 0.25) is 5.95 Å². The SMILES string of the molecule is c1ccc(-n2c3ccccc3c3c4cccc(-c5ccc6c(c5)c5ccccc5n6-c5nc6c7c(cccc7n5)Oc5cc7ccccc7cc5-6)c4ccc32)cc1. The minimum atomic E-state index is 0.636. The van der Waals surface area contributed by atoms with Crippen molar-refractivity contribution in [1.82, 2.24) is 19.1 Å². The summed E-state index contributed by atoms with van der Waals surface area (Å²) in [5, 5.41) is 10.5. The van der Waals surface area contributed by atoms with Crippen LogP contribution in [0.4, 0.5) is 0 Å². The summed E-state index contributed by atoms with van der Waals surface area (Å²) in [6.45, 7) is 0. The number of hydrogen-bond donors (Lipinski definition) is 0. The predicted octanol–water partition coefficient (Wildman–Crippen LogP) is 13.6. The average molecular weight is 727 g/mol. The lowest BCUT2D eigenvalue weighted by Gasteiger charge is -2.21. The number of ether oxygens (including phenoxy) is 1. The predicted molar refractivity (Wildman–Crippen MR) is 234 cm³/mol. The van der Waals surface area contributed by atoms with Crippen LogP contribution in [0.5, 0.6) is 11.5 Å². The van der Waals surface area contributed by atoms with Gasteiger partial charge in [-0.2, -0.15) is 0 Å². The van der Waals surface area contributed by atoms with E-state index >= 15 is 0 Å². The van der Waals surface area contributed by atoms with Crippen LogP contribution in [-0.2, 0) is 0 Å². The second-order valence-corrected chi connectivity index (χ2v) is 15.0. The zero-order valence-corrected chi connectivity index (χ0v) is 30.5. The Balaban J connectivity index is 1.03. The molecule has 1 aliphatic heterocycles. The van der Waals surface area contributed by atoms with Crippen molar-refractivity contribution in [3.63, 3.8) is 0 Å². The lowest BCUT2D eigenvalue weighted by Crippen LogP contribution is -2.06.